The van der Waals surface area contributed by atoms with Gasteiger partial charge >= 0.3 is 21.7 Å². The van der Waals surface area contributed by atoms with Crippen LogP contribution in [0.2, 0.25) is 11.1 Å². The molecular weight excluding hydrogens is 340 g/mol. The van der Waals surface area contributed by atoms with Gasteiger partial charge in [-0.2, -0.15) is 32.5 Å². The van der Waals surface area contributed by atoms with Crippen LogP contribution in [0.4, 0.5) is 0 Å². The maximum absolute atomic E-state index is 8.25. The molecule has 5 heteroatoms. The molecule has 0 amide bonds. The molecule has 132 valence electrons. The number of allylic oxidation sites excluding steroid dienone is 4. The Morgan fingerprint density at radius 3 is 1.96 bits per heavy atom. The molecule has 0 heterocycles. The van der Waals surface area contributed by atoms with Gasteiger partial charge in [-0.15, -0.1) is 0 Å². The van der Waals surface area contributed by atoms with Gasteiger partial charge in [0.25, 0.3) is 0 Å². The molecule has 1 unspecified atom stereocenters. The standard InChI is InChI=1S/C15H25Si.3CH3O.Ti/c1-11-9-12(10-16-15(2,3)4)14-8-6-5-7-13(11)14;3*1-2;/h12H,5-8,10,16H2,1-4H3;3*1H3;/q4*-1;+4. The number of hydrogen-bond donors (Lipinski definition) is 0. The van der Waals surface area contributed by atoms with Crippen molar-refractivity contribution in [3.05, 3.63) is 22.8 Å². The Hall–Kier alpha value is 0.291. The van der Waals surface area contributed by atoms with Gasteiger partial charge in [0.1, 0.15) is 0 Å². The first-order valence-electron chi connectivity index (χ1n) is 8.02. The third-order valence-corrected chi connectivity index (χ3v) is 6.32. The Kier molecular flexibility index (Phi) is 19.3. The zero-order chi connectivity index (χ0) is 17.8. The van der Waals surface area contributed by atoms with E-state index >= 15 is 0 Å². The van der Waals surface area contributed by atoms with Crippen molar-refractivity contribution in [3.63, 3.8) is 0 Å². The average Bonchev–Trinajstić information content (AvgIpc) is 2.87. The van der Waals surface area contributed by atoms with Crippen LogP contribution in [0, 0.1) is 12.0 Å². The van der Waals surface area contributed by atoms with E-state index in [1.165, 1.54) is 37.3 Å². The summed E-state index contributed by atoms with van der Waals surface area (Å²) < 4.78 is 0. The van der Waals surface area contributed by atoms with Gasteiger partial charge in [0.15, 0.2) is 0 Å². The van der Waals surface area contributed by atoms with Gasteiger partial charge in [-0.3, -0.25) is 6.08 Å². The van der Waals surface area contributed by atoms with E-state index in [-0.39, 0.29) is 31.2 Å². The minimum absolute atomic E-state index is 0. The fraction of sp³-hybridized carbons (Fsp3) is 0.778. The molecule has 23 heavy (non-hydrogen) atoms. The third kappa shape index (κ3) is 10.7. The Labute approximate surface area is 161 Å². The first kappa shape index (κ1) is 28.1. The van der Waals surface area contributed by atoms with Crippen molar-refractivity contribution in [3.8, 4) is 0 Å². The van der Waals surface area contributed by atoms with Crippen LogP contribution in [0.3, 0.4) is 0 Å². The molecule has 3 nitrogen and oxygen atoms in total. The molecule has 0 N–H and O–H groups in total. The van der Waals surface area contributed by atoms with Gasteiger partial charge in [0.05, 0.1) is 0 Å². The van der Waals surface area contributed by atoms with Crippen LogP contribution in [-0.2, 0) is 21.7 Å². The van der Waals surface area contributed by atoms with Crippen molar-refractivity contribution in [2.24, 2.45) is 5.92 Å². The molecule has 0 saturated carbocycles. The van der Waals surface area contributed by atoms with Crippen LogP contribution < -0.4 is 15.3 Å². The summed E-state index contributed by atoms with van der Waals surface area (Å²) in [5, 5.41) is 25.4. The molecule has 0 bridgehead atoms. The fourth-order valence-corrected chi connectivity index (χ4v) is 4.65. The van der Waals surface area contributed by atoms with Gasteiger partial charge in [-0.05, 0) is 11.5 Å². The van der Waals surface area contributed by atoms with Crippen LogP contribution in [0.15, 0.2) is 16.7 Å². The average molecular weight is 374 g/mol. The largest absolute Gasteiger partial charge is 4.00 e. The third-order valence-electron chi connectivity index (χ3n) is 3.96. The topological polar surface area (TPSA) is 69.2 Å². The fourth-order valence-electron chi connectivity index (χ4n) is 3.00. The predicted molar refractivity (Wildman–Crippen MR) is 92.3 cm³/mol. The van der Waals surface area contributed by atoms with Crippen LogP contribution in [-0.4, -0.2) is 30.8 Å². The molecule has 1 atom stereocenters. The van der Waals surface area contributed by atoms with E-state index < -0.39 is 0 Å². The molecule has 0 aromatic carbocycles. The normalized spacial score (nSPS) is 19.2. The monoisotopic (exact) mass is 374 g/mol. The molecule has 0 fully saturated rings. The molecule has 2 rings (SSSR count). The van der Waals surface area contributed by atoms with Crippen LogP contribution in [0.1, 0.15) is 53.4 Å². The zero-order valence-electron chi connectivity index (χ0n) is 16.0. The molecule has 0 aliphatic heterocycles. The van der Waals surface area contributed by atoms with Crippen molar-refractivity contribution in [1.82, 2.24) is 0 Å². The van der Waals surface area contributed by atoms with E-state index in [9.17, 15) is 0 Å². The second-order valence-corrected chi connectivity index (χ2v) is 9.83. The summed E-state index contributed by atoms with van der Waals surface area (Å²) in [5.74, 6) is 0.723. The maximum atomic E-state index is 8.25. The van der Waals surface area contributed by atoms with Gasteiger partial charge < -0.3 is 15.3 Å². The van der Waals surface area contributed by atoms with Crippen molar-refractivity contribution >= 4 is 9.52 Å². The summed E-state index contributed by atoms with van der Waals surface area (Å²) in [6.45, 7) is 9.49. The number of rotatable bonds is 2. The van der Waals surface area contributed by atoms with Crippen molar-refractivity contribution < 1.29 is 37.0 Å². The number of hydrogen-bond acceptors (Lipinski definition) is 3. The zero-order valence-corrected chi connectivity index (χ0v) is 19.0. The SMILES string of the molecule is CC1=[C-]C(C[SiH2]C(C)(C)C)C2=C1CCCC2.C[O-].C[O-].C[O-].[Ti+4]. The molecular formula is C18H34O3SiTi. The van der Waals surface area contributed by atoms with E-state index in [1.807, 2.05) is 0 Å². The van der Waals surface area contributed by atoms with E-state index in [2.05, 4.69) is 33.8 Å². The van der Waals surface area contributed by atoms with Crippen LogP contribution >= 0.6 is 0 Å². The molecule has 0 spiro atoms. The summed E-state index contributed by atoms with van der Waals surface area (Å²) in [5.41, 5.74) is 4.96. The minimum atomic E-state index is 0. The molecule has 0 aromatic heterocycles. The summed E-state index contributed by atoms with van der Waals surface area (Å²) in [6, 6.07) is 1.44. The minimum Gasteiger partial charge on any atom is -0.857 e. The summed E-state index contributed by atoms with van der Waals surface area (Å²) in [7, 11) is 2.29. The predicted octanol–water partition coefficient (Wildman–Crippen LogP) is 0.969. The Balaban J connectivity index is -0.000000514. The van der Waals surface area contributed by atoms with Gasteiger partial charge in [-0.1, -0.05) is 58.9 Å². The maximum Gasteiger partial charge on any atom is 4.00 e. The van der Waals surface area contributed by atoms with Gasteiger partial charge in [0.2, 0.25) is 0 Å². The second kappa shape index (κ2) is 15.8. The molecule has 0 aromatic rings. The van der Waals surface area contributed by atoms with E-state index in [0.717, 1.165) is 27.2 Å². The Morgan fingerprint density at radius 2 is 1.48 bits per heavy atom. The Bertz CT molecular complexity index is 347. The first-order chi connectivity index (χ1) is 10.5. The summed E-state index contributed by atoms with van der Waals surface area (Å²) in [4.78, 5) is 0. The van der Waals surface area contributed by atoms with Crippen molar-refractivity contribution in [2.75, 3.05) is 21.3 Å². The van der Waals surface area contributed by atoms with E-state index in [0.29, 0.717) is 5.04 Å². The summed E-state index contributed by atoms with van der Waals surface area (Å²) in [6.07, 6.45) is 9.27. The van der Waals surface area contributed by atoms with Crippen molar-refractivity contribution in [2.45, 2.75) is 64.5 Å². The molecule has 0 radical (unpaired) electrons. The van der Waals surface area contributed by atoms with Crippen LogP contribution in [0.5, 0.6) is 0 Å². The van der Waals surface area contributed by atoms with E-state index in [1.54, 1.807) is 11.1 Å². The smallest absolute Gasteiger partial charge is 0.857 e. The van der Waals surface area contributed by atoms with E-state index in [4.69, 9.17) is 15.3 Å². The first-order valence-corrected chi connectivity index (χ1v) is 9.73. The van der Waals surface area contributed by atoms with Crippen LogP contribution in [0.25, 0.3) is 0 Å². The quantitative estimate of drug-likeness (QED) is 0.534. The van der Waals surface area contributed by atoms with Gasteiger partial charge in [-0.25, -0.2) is 5.57 Å². The Morgan fingerprint density at radius 1 is 1.00 bits per heavy atom. The molecule has 2 aliphatic rings. The second-order valence-electron chi connectivity index (χ2n) is 6.63. The molecule has 2 aliphatic carbocycles. The van der Waals surface area contributed by atoms with Gasteiger partial charge in [0, 0.05) is 9.52 Å². The van der Waals surface area contributed by atoms with Crippen molar-refractivity contribution in [1.29, 1.82) is 0 Å². The molecule has 0 saturated heterocycles. The summed E-state index contributed by atoms with van der Waals surface area (Å²) >= 11 is 0.